The molecule has 1 heterocycles. The van der Waals surface area contributed by atoms with Crippen molar-refractivity contribution in [1.29, 1.82) is 0 Å². The number of nitrogens with zero attached hydrogens (tertiary/aromatic N) is 2. The SMILES string of the molecule is CS(=O)(=O)N1CCN(C2CC2)c2ccccc21. The lowest BCUT2D eigenvalue weighted by atomic mass is 10.2. The van der Waals surface area contributed by atoms with E-state index in [1.807, 2.05) is 24.3 Å². The summed E-state index contributed by atoms with van der Waals surface area (Å²) in [6.45, 7) is 1.36. The zero-order valence-corrected chi connectivity index (χ0v) is 10.7. The Hall–Kier alpha value is -1.23. The molecule has 1 aromatic rings. The third-order valence-corrected chi connectivity index (χ3v) is 4.57. The van der Waals surface area contributed by atoms with Crippen LogP contribution in [0.1, 0.15) is 12.8 Å². The zero-order chi connectivity index (χ0) is 12.0. The van der Waals surface area contributed by atoms with Gasteiger partial charge in [-0.15, -0.1) is 0 Å². The average molecular weight is 252 g/mol. The van der Waals surface area contributed by atoms with Crippen LogP contribution in [0.3, 0.4) is 0 Å². The molecular weight excluding hydrogens is 236 g/mol. The van der Waals surface area contributed by atoms with Crippen LogP contribution in [0.4, 0.5) is 11.4 Å². The van der Waals surface area contributed by atoms with E-state index in [0.29, 0.717) is 12.6 Å². The molecule has 92 valence electrons. The molecule has 0 unspecified atom stereocenters. The third kappa shape index (κ3) is 1.88. The Balaban J connectivity index is 2.06. The molecular formula is C12H16N2O2S. The number of para-hydroxylation sites is 2. The molecule has 1 aliphatic carbocycles. The monoisotopic (exact) mass is 252 g/mol. The standard InChI is InChI=1S/C12H16N2O2S/c1-17(15,16)14-9-8-13(10-6-7-10)11-4-2-3-5-12(11)14/h2-5,10H,6-9H2,1H3. The topological polar surface area (TPSA) is 40.6 Å². The van der Waals surface area contributed by atoms with E-state index in [4.69, 9.17) is 0 Å². The second kappa shape index (κ2) is 3.63. The molecule has 1 saturated carbocycles. The normalized spacial score (nSPS) is 20.3. The highest BCUT2D eigenvalue weighted by molar-refractivity contribution is 7.92. The third-order valence-electron chi connectivity index (χ3n) is 3.39. The number of benzene rings is 1. The first-order valence-corrected chi connectivity index (χ1v) is 7.75. The van der Waals surface area contributed by atoms with Gasteiger partial charge in [0.05, 0.1) is 24.2 Å². The Morgan fingerprint density at radius 2 is 1.76 bits per heavy atom. The minimum absolute atomic E-state index is 0.562. The highest BCUT2D eigenvalue weighted by Crippen LogP contribution is 2.40. The fourth-order valence-electron chi connectivity index (χ4n) is 2.47. The second-order valence-corrected chi connectivity index (χ2v) is 6.66. The molecule has 0 bridgehead atoms. The molecule has 0 radical (unpaired) electrons. The van der Waals surface area contributed by atoms with Crippen molar-refractivity contribution in [3.8, 4) is 0 Å². The molecule has 0 aromatic heterocycles. The van der Waals surface area contributed by atoms with Crippen molar-refractivity contribution < 1.29 is 8.42 Å². The van der Waals surface area contributed by atoms with Crippen LogP contribution in [-0.4, -0.2) is 33.8 Å². The summed E-state index contributed by atoms with van der Waals surface area (Å²) in [5, 5.41) is 0. The van der Waals surface area contributed by atoms with Gasteiger partial charge in [-0.05, 0) is 25.0 Å². The van der Waals surface area contributed by atoms with E-state index in [0.717, 1.165) is 17.9 Å². The molecule has 17 heavy (non-hydrogen) atoms. The summed E-state index contributed by atoms with van der Waals surface area (Å²) in [7, 11) is -3.16. The van der Waals surface area contributed by atoms with E-state index < -0.39 is 10.0 Å². The fourth-order valence-corrected chi connectivity index (χ4v) is 3.39. The van der Waals surface area contributed by atoms with Gasteiger partial charge < -0.3 is 4.90 Å². The lowest BCUT2D eigenvalue weighted by molar-refractivity contribution is 0.593. The molecule has 3 rings (SSSR count). The molecule has 2 aliphatic rings. The Labute approximate surface area is 102 Å². The number of hydrogen-bond acceptors (Lipinski definition) is 3. The van der Waals surface area contributed by atoms with Gasteiger partial charge in [0.1, 0.15) is 0 Å². The summed E-state index contributed by atoms with van der Waals surface area (Å²) in [5.74, 6) is 0. The van der Waals surface area contributed by atoms with Gasteiger partial charge in [0.25, 0.3) is 0 Å². The molecule has 0 N–H and O–H groups in total. The molecule has 0 saturated heterocycles. The van der Waals surface area contributed by atoms with Crippen molar-refractivity contribution in [2.45, 2.75) is 18.9 Å². The van der Waals surface area contributed by atoms with Crippen molar-refractivity contribution in [3.63, 3.8) is 0 Å². The van der Waals surface area contributed by atoms with Crippen molar-refractivity contribution in [1.82, 2.24) is 0 Å². The molecule has 1 fully saturated rings. The van der Waals surface area contributed by atoms with Crippen molar-refractivity contribution in [2.24, 2.45) is 0 Å². The van der Waals surface area contributed by atoms with Crippen LogP contribution in [0.5, 0.6) is 0 Å². The van der Waals surface area contributed by atoms with Gasteiger partial charge in [0.2, 0.25) is 10.0 Å². The second-order valence-electron chi connectivity index (χ2n) is 4.75. The highest BCUT2D eigenvalue weighted by atomic mass is 32.2. The predicted molar refractivity (Wildman–Crippen MR) is 69.0 cm³/mol. The predicted octanol–water partition coefficient (Wildman–Crippen LogP) is 1.43. The lowest BCUT2D eigenvalue weighted by Gasteiger charge is -2.37. The maximum atomic E-state index is 11.7. The molecule has 1 aliphatic heterocycles. The summed E-state index contributed by atoms with van der Waals surface area (Å²) in [6, 6.07) is 8.40. The van der Waals surface area contributed by atoms with Gasteiger partial charge in [-0.1, -0.05) is 12.1 Å². The van der Waals surface area contributed by atoms with Gasteiger partial charge in [0, 0.05) is 12.6 Å². The molecule has 0 atom stereocenters. The quantitative estimate of drug-likeness (QED) is 0.799. The van der Waals surface area contributed by atoms with Crippen molar-refractivity contribution in [3.05, 3.63) is 24.3 Å². The first-order chi connectivity index (χ1) is 8.07. The summed E-state index contributed by atoms with van der Waals surface area (Å²) in [5.41, 5.74) is 1.89. The summed E-state index contributed by atoms with van der Waals surface area (Å²) < 4.78 is 25.0. The van der Waals surface area contributed by atoms with E-state index in [2.05, 4.69) is 4.90 Å². The van der Waals surface area contributed by atoms with Gasteiger partial charge >= 0.3 is 0 Å². The zero-order valence-electron chi connectivity index (χ0n) is 9.83. The Bertz CT molecular complexity index is 537. The first-order valence-electron chi connectivity index (χ1n) is 5.91. The number of anilines is 2. The van der Waals surface area contributed by atoms with E-state index in [1.165, 1.54) is 23.4 Å². The van der Waals surface area contributed by atoms with E-state index in [1.54, 1.807) is 0 Å². The largest absolute Gasteiger partial charge is 0.365 e. The van der Waals surface area contributed by atoms with E-state index in [-0.39, 0.29) is 0 Å². The fraction of sp³-hybridized carbons (Fsp3) is 0.500. The Morgan fingerprint density at radius 1 is 1.12 bits per heavy atom. The van der Waals surface area contributed by atoms with Crippen LogP contribution >= 0.6 is 0 Å². The summed E-state index contributed by atoms with van der Waals surface area (Å²) in [6.07, 6.45) is 3.73. The van der Waals surface area contributed by atoms with Gasteiger partial charge in [0.15, 0.2) is 0 Å². The van der Waals surface area contributed by atoms with Crippen LogP contribution in [0, 0.1) is 0 Å². The van der Waals surface area contributed by atoms with Crippen LogP contribution in [0.25, 0.3) is 0 Å². The maximum absolute atomic E-state index is 11.7. The minimum atomic E-state index is -3.16. The smallest absolute Gasteiger partial charge is 0.232 e. The Morgan fingerprint density at radius 3 is 2.35 bits per heavy atom. The lowest BCUT2D eigenvalue weighted by Crippen LogP contribution is -2.44. The van der Waals surface area contributed by atoms with E-state index >= 15 is 0 Å². The molecule has 5 heteroatoms. The molecule has 4 nitrogen and oxygen atoms in total. The van der Waals surface area contributed by atoms with Crippen LogP contribution in [0.2, 0.25) is 0 Å². The van der Waals surface area contributed by atoms with Crippen LogP contribution in [0.15, 0.2) is 24.3 Å². The summed E-state index contributed by atoms with van der Waals surface area (Å²) in [4.78, 5) is 2.34. The molecule has 0 spiro atoms. The number of rotatable bonds is 2. The Kier molecular flexibility index (Phi) is 2.33. The van der Waals surface area contributed by atoms with Gasteiger partial charge in [-0.3, -0.25) is 4.31 Å². The van der Waals surface area contributed by atoms with Gasteiger partial charge in [-0.25, -0.2) is 8.42 Å². The highest BCUT2D eigenvalue weighted by Gasteiger charge is 2.35. The van der Waals surface area contributed by atoms with Crippen LogP contribution < -0.4 is 9.21 Å². The number of hydrogen-bond donors (Lipinski definition) is 0. The van der Waals surface area contributed by atoms with Gasteiger partial charge in [-0.2, -0.15) is 0 Å². The average Bonchev–Trinajstić information content (AvgIpc) is 3.10. The van der Waals surface area contributed by atoms with Crippen molar-refractivity contribution in [2.75, 3.05) is 28.6 Å². The maximum Gasteiger partial charge on any atom is 0.232 e. The molecule has 1 aromatic carbocycles. The first kappa shape index (κ1) is 10.9. The van der Waals surface area contributed by atoms with E-state index in [9.17, 15) is 8.42 Å². The minimum Gasteiger partial charge on any atom is -0.365 e. The molecule has 0 amide bonds. The van der Waals surface area contributed by atoms with Crippen molar-refractivity contribution >= 4 is 21.4 Å². The number of fused-ring (bicyclic) bond motifs is 1. The summed E-state index contributed by atoms with van der Waals surface area (Å²) >= 11 is 0. The van der Waals surface area contributed by atoms with Crippen LogP contribution in [-0.2, 0) is 10.0 Å². The number of sulfonamides is 1.